The summed E-state index contributed by atoms with van der Waals surface area (Å²) < 4.78 is 10.4. The first-order valence-corrected chi connectivity index (χ1v) is 4.75. The van der Waals surface area contributed by atoms with Crippen LogP contribution < -0.4 is 5.32 Å². The van der Waals surface area contributed by atoms with E-state index in [1.54, 1.807) is 14.2 Å². The van der Waals surface area contributed by atoms with E-state index in [-0.39, 0.29) is 11.9 Å². The predicted octanol–water partition coefficient (Wildman–Crippen LogP) is 0.875. The maximum Gasteiger partial charge on any atom is 0.224 e. The van der Waals surface area contributed by atoms with Crippen LogP contribution in [0, 0.1) is 0 Å². The van der Waals surface area contributed by atoms with Crippen molar-refractivity contribution in [3.8, 4) is 0 Å². The Morgan fingerprint density at radius 3 is 2.73 bits per heavy atom. The van der Waals surface area contributed by atoms with Crippen LogP contribution in [0.4, 0.5) is 0 Å². The number of rotatable bonds is 2. The zero-order chi connectivity index (χ0) is 10.8. The Balaban J connectivity index is 2.38. The van der Waals surface area contributed by atoms with E-state index in [0.29, 0.717) is 17.9 Å². The summed E-state index contributed by atoms with van der Waals surface area (Å²) in [6.45, 7) is 0. The standard InChI is InChI=1S/C11H13NO3/c1-14-9-4-3-8-7(5-10(9)15-2)6-11(13)12-8/h3-5,8H,6H2,1-2H3,(H,12,13). The van der Waals surface area contributed by atoms with Gasteiger partial charge in [0, 0.05) is 0 Å². The Morgan fingerprint density at radius 1 is 1.33 bits per heavy atom. The fraction of sp³-hybridized carbons (Fsp3) is 0.364. The Kier molecular flexibility index (Phi) is 2.49. The lowest BCUT2D eigenvalue weighted by atomic mass is 10.1. The highest BCUT2D eigenvalue weighted by atomic mass is 16.5. The number of nitrogens with one attached hydrogen (secondary N) is 1. The first kappa shape index (κ1) is 9.83. The average molecular weight is 207 g/mol. The minimum atomic E-state index is -0.0182. The molecule has 1 aliphatic heterocycles. The summed E-state index contributed by atoms with van der Waals surface area (Å²) in [5.41, 5.74) is 1.01. The van der Waals surface area contributed by atoms with Crippen LogP contribution in [0.2, 0.25) is 0 Å². The molecule has 1 heterocycles. The van der Waals surface area contributed by atoms with Crippen molar-refractivity contribution in [1.29, 1.82) is 0 Å². The van der Waals surface area contributed by atoms with Crippen LogP contribution in [0.5, 0.6) is 0 Å². The van der Waals surface area contributed by atoms with E-state index in [0.717, 1.165) is 5.57 Å². The van der Waals surface area contributed by atoms with Crippen molar-refractivity contribution in [3.05, 3.63) is 35.3 Å². The van der Waals surface area contributed by atoms with Gasteiger partial charge >= 0.3 is 0 Å². The van der Waals surface area contributed by atoms with Crippen molar-refractivity contribution in [1.82, 2.24) is 5.32 Å². The molecule has 1 amide bonds. The van der Waals surface area contributed by atoms with E-state index in [1.165, 1.54) is 0 Å². The molecule has 2 rings (SSSR count). The molecule has 2 aliphatic rings. The maximum atomic E-state index is 11.2. The number of amides is 1. The summed E-state index contributed by atoms with van der Waals surface area (Å²) in [6.07, 6.45) is 6.01. The number of methoxy groups -OCH3 is 2. The fourth-order valence-corrected chi connectivity index (χ4v) is 1.76. The Hall–Kier alpha value is -1.71. The zero-order valence-corrected chi connectivity index (χ0v) is 8.74. The summed E-state index contributed by atoms with van der Waals surface area (Å²) in [4.78, 5) is 11.2. The van der Waals surface area contributed by atoms with E-state index in [4.69, 9.17) is 9.47 Å². The summed E-state index contributed by atoms with van der Waals surface area (Å²) in [6, 6.07) is -0.0182. The van der Waals surface area contributed by atoms with E-state index in [1.807, 2.05) is 18.2 Å². The van der Waals surface area contributed by atoms with Crippen LogP contribution in [-0.4, -0.2) is 26.2 Å². The van der Waals surface area contributed by atoms with E-state index < -0.39 is 0 Å². The summed E-state index contributed by atoms with van der Waals surface area (Å²) >= 11 is 0. The predicted molar refractivity (Wildman–Crippen MR) is 54.8 cm³/mol. The van der Waals surface area contributed by atoms with Gasteiger partial charge in [0.25, 0.3) is 0 Å². The number of carbonyl (C=O) groups is 1. The third-order valence-electron chi connectivity index (χ3n) is 2.52. The van der Waals surface area contributed by atoms with Gasteiger partial charge in [-0.2, -0.15) is 0 Å². The molecule has 15 heavy (non-hydrogen) atoms. The molecular formula is C11H13NO3. The van der Waals surface area contributed by atoms with Crippen molar-refractivity contribution < 1.29 is 14.3 Å². The van der Waals surface area contributed by atoms with Gasteiger partial charge in [0.05, 0.1) is 26.7 Å². The van der Waals surface area contributed by atoms with Crippen LogP contribution in [0.1, 0.15) is 6.42 Å². The molecule has 1 fully saturated rings. The van der Waals surface area contributed by atoms with Crippen LogP contribution in [0.15, 0.2) is 35.3 Å². The molecule has 0 aromatic rings. The van der Waals surface area contributed by atoms with Crippen molar-refractivity contribution in [3.63, 3.8) is 0 Å². The summed E-state index contributed by atoms with van der Waals surface area (Å²) in [7, 11) is 3.18. The number of ether oxygens (including phenoxy) is 2. The Morgan fingerprint density at radius 2 is 2.07 bits per heavy atom. The highest BCUT2D eigenvalue weighted by molar-refractivity contribution is 5.84. The molecule has 1 unspecified atom stereocenters. The molecule has 0 radical (unpaired) electrons. The molecule has 1 saturated heterocycles. The van der Waals surface area contributed by atoms with Crippen LogP contribution in [0.3, 0.4) is 0 Å². The van der Waals surface area contributed by atoms with Gasteiger partial charge in [-0.15, -0.1) is 0 Å². The number of fused-ring (bicyclic) bond motifs is 1. The van der Waals surface area contributed by atoms with Crippen molar-refractivity contribution in [2.45, 2.75) is 12.5 Å². The molecule has 1 N–H and O–H groups in total. The molecule has 1 atom stereocenters. The number of allylic oxidation sites excluding steroid dienone is 2. The monoisotopic (exact) mass is 207 g/mol. The van der Waals surface area contributed by atoms with Crippen LogP contribution in [0.25, 0.3) is 0 Å². The number of hydrogen-bond donors (Lipinski definition) is 1. The molecule has 0 saturated carbocycles. The summed E-state index contributed by atoms with van der Waals surface area (Å²) in [5, 5.41) is 2.85. The van der Waals surface area contributed by atoms with Gasteiger partial charge in [0.1, 0.15) is 0 Å². The first-order chi connectivity index (χ1) is 7.24. The Labute approximate surface area is 88.2 Å². The lowest BCUT2D eigenvalue weighted by Gasteiger charge is -2.05. The normalized spacial score (nSPS) is 24.3. The topological polar surface area (TPSA) is 47.6 Å². The number of hydrogen-bond acceptors (Lipinski definition) is 3. The van der Waals surface area contributed by atoms with Gasteiger partial charge in [-0.25, -0.2) is 0 Å². The maximum absolute atomic E-state index is 11.2. The van der Waals surface area contributed by atoms with Crippen LogP contribution in [-0.2, 0) is 14.3 Å². The highest BCUT2D eigenvalue weighted by Crippen LogP contribution is 2.24. The minimum absolute atomic E-state index is 0.0182. The van der Waals surface area contributed by atoms with E-state index >= 15 is 0 Å². The largest absolute Gasteiger partial charge is 0.493 e. The molecule has 4 heteroatoms. The van der Waals surface area contributed by atoms with Gasteiger partial charge in [-0.1, -0.05) is 6.08 Å². The molecule has 1 aliphatic carbocycles. The van der Waals surface area contributed by atoms with Crippen molar-refractivity contribution in [2.24, 2.45) is 0 Å². The second-order valence-corrected chi connectivity index (χ2v) is 3.44. The third-order valence-corrected chi connectivity index (χ3v) is 2.52. The van der Waals surface area contributed by atoms with Crippen molar-refractivity contribution in [2.75, 3.05) is 14.2 Å². The first-order valence-electron chi connectivity index (χ1n) is 4.75. The Bertz CT molecular complexity index is 379. The van der Waals surface area contributed by atoms with Crippen LogP contribution >= 0.6 is 0 Å². The highest BCUT2D eigenvalue weighted by Gasteiger charge is 2.26. The summed E-state index contributed by atoms with van der Waals surface area (Å²) in [5.74, 6) is 1.38. The molecule has 0 spiro atoms. The molecule has 0 aromatic heterocycles. The van der Waals surface area contributed by atoms with Gasteiger partial charge in [-0.3, -0.25) is 4.79 Å². The van der Waals surface area contributed by atoms with E-state index in [2.05, 4.69) is 5.32 Å². The zero-order valence-electron chi connectivity index (χ0n) is 8.74. The molecule has 4 nitrogen and oxygen atoms in total. The quantitative estimate of drug-likeness (QED) is 0.731. The second kappa shape index (κ2) is 3.81. The van der Waals surface area contributed by atoms with Crippen molar-refractivity contribution >= 4 is 5.91 Å². The fourth-order valence-electron chi connectivity index (χ4n) is 1.76. The average Bonchev–Trinajstić information content (AvgIpc) is 2.49. The number of carbonyl (C=O) groups excluding carboxylic acids is 1. The van der Waals surface area contributed by atoms with Gasteiger partial charge in [0.15, 0.2) is 11.5 Å². The second-order valence-electron chi connectivity index (χ2n) is 3.44. The SMILES string of the molecule is COC1=C(OC)C=C2CC(=O)NC2C=C1. The van der Waals surface area contributed by atoms with Gasteiger partial charge in [-0.05, 0) is 17.7 Å². The molecule has 0 bridgehead atoms. The minimum Gasteiger partial charge on any atom is -0.493 e. The molecular weight excluding hydrogens is 194 g/mol. The van der Waals surface area contributed by atoms with Gasteiger partial charge in [0.2, 0.25) is 5.91 Å². The van der Waals surface area contributed by atoms with Gasteiger partial charge < -0.3 is 14.8 Å². The lowest BCUT2D eigenvalue weighted by Crippen LogP contribution is -2.23. The smallest absolute Gasteiger partial charge is 0.224 e. The third kappa shape index (κ3) is 1.75. The molecule has 80 valence electrons. The van der Waals surface area contributed by atoms with E-state index in [9.17, 15) is 4.79 Å². The lowest BCUT2D eigenvalue weighted by molar-refractivity contribution is -0.119. The molecule has 0 aromatic carbocycles.